The van der Waals surface area contributed by atoms with Crippen LogP contribution in [-0.2, 0) is 0 Å². The van der Waals surface area contributed by atoms with E-state index in [1.54, 1.807) is 29.6 Å². The van der Waals surface area contributed by atoms with E-state index in [0.29, 0.717) is 5.82 Å². The van der Waals surface area contributed by atoms with Crippen molar-refractivity contribution in [3.8, 4) is 10.4 Å². The average molecular weight is 262 g/mol. The van der Waals surface area contributed by atoms with Crippen LogP contribution in [0.4, 0.5) is 0 Å². The zero-order valence-electron chi connectivity index (χ0n) is 9.40. The largest absolute Gasteiger partial charge is 0.310 e. The van der Waals surface area contributed by atoms with Crippen LogP contribution in [0.25, 0.3) is 20.7 Å². The molecule has 3 rings (SSSR count). The Morgan fingerprint density at radius 1 is 1.35 bits per heavy atom. The summed E-state index contributed by atoms with van der Waals surface area (Å²) in [5.41, 5.74) is 0.994. The van der Waals surface area contributed by atoms with Gasteiger partial charge in [-0.25, -0.2) is 4.98 Å². The van der Waals surface area contributed by atoms with Gasteiger partial charge in [0.15, 0.2) is 0 Å². The Morgan fingerprint density at radius 3 is 2.88 bits per heavy atom. The molecule has 0 aromatic carbocycles. The molecule has 0 spiro atoms. The first-order chi connectivity index (χ1) is 8.16. The van der Waals surface area contributed by atoms with Crippen molar-refractivity contribution in [3.63, 3.8) is 0 Å². The van der Waals surface area contributed by atoms with Gasteiger partial charge in [0.05, 0.1) is 5.39 Å². The van der Waals surface area contributed by atoms with Crippen LogP contribution in [0.5, 0.6) is 0 Å². The fourth-order valence-electron chi connectivity index (χ4n) is 1.94. The zero-order valence-corrected chi connectivity index (χ0v) is 11.0. The molecule has 0 saturated heterocycles. The van der Waals surface area contributed by atoms with E-state index in [4.69, 9.17) is 0 Å². The third-order valence-corrected chi connectivity index (χ3v) is 4.51. The Labute approximate surface area is 106 Å². The second kappa shape index (κ2) is 3.78. The lowest BCUT2D eigenvalue weighted by atomic mass is 10.1. The van der Waals surface area contributed by atoms with Crippen LogP contribution in [0.15, 0.2) is 22.3 Å². The number of fused-ring (bicyclic) bond motifs is 1. The summed E-state index contributed by atoms with van der Waals surface area (Å²) in [6.45, 7) is 3.84. The zero-order chi connectivity index (χ0) is 12.0. The fraction of sp³-hybridized carbons (Fsp3) is 0.167. The minimum Gasteiger partial charge on any atom is -0.310 e. The molecule has 1 N–H and O–H groups in total. The van der Waals surface area contributed by atoms with Crippen molar-refractivity contribution < 1.29 is 0 Å². The van der Waals surface area contributed by atoms with Crippen molar-refractivity contribution in [2.24, 2.45) is 0 Å². The van der Waals surface area contributed by atoms with Crippen LogP contribution < -0.4 is 5.56 Å². The smallest absolute Gasteiger partial charge is 0.260 e. The highest BCUT2D eigenvalue weighted by atomic mass is 32.1. The lowest BCUT2D eigenvalue weighted by molar-refractivity contribution is 1.07. The van der Waals surface area contributed by atoms with Gasteiger partial charge in [-0.1, -0.05) is 6.07 Å². The number of hydrogen-bond acceptors (Lipinski definition) is 4. The van der Waals surface area contributed by atoms with E-state index in [9.17, 15) is 4.79 Å². The third kappa shape index (κ3) is 1.62. The van der Waals surface area contributed by atoms with E-state index < -0.39 is 0 Å². The highest BCUT2D eigenvalue weighted by Gasteiger charge is 2.16. The van der Waals surface area contributed by atoms with Crippen LogP contribution in [0, 0.1) is 13.8 Å². The van der Waals surface area contributed by atoms with Gasteiger partial charge in [0.1, 0.15) is 10.7 Å². The number of aromatic amines is 1. The number of thiophene rings is 2. The Morgan fingerprint density at radius 2 is 2.18 bits per heavy atom. The number of aromatic nitrogens is 2. The molecule has 0 atom stereocenters. The summed E-state index contributed by atoms with van der Waals surface area (Å²) >= 11 is 3.23. The van der Waals surface area contributed by atoms with Gasteiger partial charge in [-0.2, -0.15) is 0 Å². The first-order valence-electron chi connectivity index (χ1n) is 5.20. The number of hydrogen-bond donors (Lipinski definition) is 1. The minimum absolute atomic E-state index is 0.0414. The number of nitrogens with one attached hydrogen (secondary N) is 1. The Balaban J connectivity index is 2.47. The molecule has 0 saturated carbocycles. The molecule has 0 aliphatic heterocycles. The Kier molecular flexibility index (Phi) is 2.38. The quantitative estimate of drug-likeness (QED) is 0.731. The molecule has 0 aliphatic rings. The van der Waals surface area contributed by atoms with Gasteiger partial charge in [0.2, 0.25) is 0 Å². The molecule has 0 unspecified atom stereocenters. The van der Waals surface area contributed by atoms with E-state index in [1.807, 2.05) is 24.4 Å². The molecule has 0 radical (unpaired) electrons. The number of H-pyrrole nitrogens is 1. The molecule has 3 aromatic heterocycles. The maximum Gasteiger partial charge on any atom is 0.260 e. The molecule has 0 amide bonds. The molecular formula is C12H10N2OS2. The van der Waals surface area contributed by atoms with Crippen LogP contribution in [0.2, 0.25) is 0 Å². The average Bonchev–Trinajstić information content (AvgIpc) is 2.83. The van der Waals surface area contributed by atoms with Crippen molar-refractivity contribution in [2.75, 3.05) is 0 Å². The van der Waals surface area contributed by atoms with Crippen LogP contribution in [-0.4, -0.2) is 9.97 Å². The predicted molar refractivity (Wildman–Crippen MR) is 73.0 cm³/mol. The topological polar surface area (TPSA) is 45.8 Å². The first kappa shape index (κ1) is 10.7. The molecule has 3 aromatic rings. The Hall–Kier alpha value is -1.46. The lowest BCUT2D eigenvalue weighted by Crippen LogP contribution is -2.08. The highest BCUT2D eigenvalue weighted by Crippen LogP contribution is 2.37. The van der Waals surface area contributed by atoms with Crippen molar-refractivity contribution in [2.45, 2.75) is 13.8 Å². The predicted octanol–water partition coefficient (Wildman–Crippen LogP) is 3.33. The number of aryl methyl sites for hydroxylation is 2. The molecule has 0 aliphatic carbocycles. The standard InChI is InChI=1S/C12H10N2OS2/c1-6-9(8-4-3-5-16-8)10-11(15)13-7(2)14-12(10)17-6/h3-5H,1-2H3,(H,13,14,15). The van der Waals surface area contributed by atoms with Crippen molar-refractivity contribution in [1.82, 2.24) is 9.97 Å². The maximum absolute atomic E-state index is 12.0. The number of nitrogens with zero attached hydrogens (tertiary/aromatic N) is 1. The highest BCUT2D eigenvalue weighted by molar-refractivity contribution is 7.20. The molecule has 86 valence electrons. The summed E-state index contributed by atoms with van der Waals surface area (Å²) in [6.07, 6.45) is 0. The second-order valence-corrected chi connectivity index (χ2v) is 5.99. The van der Waals surface area contributed by atoms with Crippen molar-refractivity contribution in [3.05, 3.63) is 38.6 Å². The summed E-state index contributed by atoms with van der Waals surface area (Å²) in [5.74, 6) is 0.668. The maximum atomic E-state index is 12.0. The first-order valence-corrected chi connectivity index (χ1v) is 6.90. The van der Waals surface area contributed by atoms with E-state index in [1.165, 1.54) is 0 Å². The summed E-state index contributed by atoms with van der Waals surface area (Å²) in [4.78, 5) is 22.3. The van der Waals surface area contributed by atoms with Gasteiger partial charge in [-0.3, -0.25) is 4.79 Å². The van der Waals surface area contributed by atoms with Gasteiger partial charge in [-0.05, 0) is 25.3 Å². The van der Waals surface area contributed by atoms with Gasteiger partial charge in [0.25, 0.3) is 5.56 Å². The summed E-state index contributed by atoms with van der Waals surface area (Å²) < 4.78 is 0. The number of rotatable bonds is 1. The third-order valence-electron chi connectivity index (χ3n) is 2.62. The van der Waals surface area contributed by atoms with Gasteiger partial charge >= 0.3 is 0 Å². The molecule has 3 nitrogen and oxygen atoms in total. The molecular weight excluding hydrogens is 252 g/mol. The van der Waals surface area contributed by atoms with Crippen molar-refractivity contribution >= 4 is 32.9 Å². The second-order valence-electron chi connectivity index (χ2n) is 3.84. The molecule has 0 bridgehead atoms. The summed E-state index contributed by atoms with van der Waals surface area (Å²) in [6, 6.07) is 4.04. The molecule has 3 heterocycles. The summed E-state index contributed by atoms with van der Waals surface area (Å²) in [7, 11) is 0. The van der Waals surface area contributed by atoms with E-state index in [-0.39, 0.29) is 5.56 Å². The fourth-order valence-corrected chi connectivity index (χ4v) is 3.93. The van der Waals surface area contributed by atoms with Gasteiger partial charge in [0, 0.05) is 15.3 Å². The van der Waals surface area contributed by atoms with Crippen LogP contribution in [0.1, 0.15) is 10.7 Å². The van der Waals surface area contributed by atoms with E-state index >= 15 is 0 Å². The molecule has 0 fully saturated rings. The van der Waals surface area contributed by atoms with E-state index in [2.05, 4.69) is 9.97 Å². The van der Waals surface area contributed by atoms with Crippen LogP contribution in [0.3, 0.4) is 0 Å². The minimum atomic E-state index is -0.0414. The summed E-state index contributed by atoms with van der Waals surface area (Å²) in [5, 5.41) is 2.74. The van der Waals surface area contributed by atoms with Crippen LogP contribution >= 0.6 is 22.7 Å². The lowest BCUT2D eigenvalue weighted by Gasteiger charge is -1.97. The monoisotopic (exact) mass is 262 g/mol. The van der Waals surface area contributed by atoms with Crippen molar-refractivity contribution in [1.29, 1.82) is 0 Å². The normalized spacial score (nSPS) is 11.2. The molecule has 5 heteroatoms. The molecule has 17 heavy (non-hydrogen) atoms. The van der Waals surface area contributed by atoms with E-state index in [0.717, 1.165) is 25.5 Å². The van der Waals surface area contributed by atoms with Gasteiger partial charge < -0.3 is 4.98 Å². The Bertz CT molecular complexity index is 738. The SMILES string of the molecule is Cc1nc2sc(C)c(-c3cccs3)c2c(=O)[nH]1. The van der Waals surface area contributed by atoms with Gasteiger partial charge in [-0.15, -0.1) is 22.7 Å².